The van der Waals surface area contributed by atoms with E-state index >= 15 is 0 Å². The first kappa shape index (κ1) is 13.5. The van der Waals surface area contributed by atoms with E-state index < -0.39 is 10.0 Å². The molecule has 2 rings (SSSR count). The Balaban J connectivity index is 1.90. The maximum atomic E-state index is 12.0. The Morgan fingerprint density at radius 3 is 2.83 bits per heavy atom. The molecule has 5 nitrogen and oxygen atoms in total. The molecular weight excluding hydrogens is 272 g/mol. The smallest absolute Gasteiger partial charge is 0.252 e. The van der Waals surface area contributed by atoms with Crippen LogP contribution in [0, 0.1) is 5.92 Å². The number of hydrogen-bond donors (Lipinski definition) is 1. The molecule has 1 fully saturated rings. The van der Waals surface area contributed by atoms with Crippen LogP contribution in [0.2, 0.25) is 0 Å². The molecular formula is C11H16N2O3S2. The van der Waals surface area contributed by atoms with Gasteiger partial charge < -0.3 is 5.32 Å². The van der Waals surface area contributed by atoms with Crippen molar-refractivity contribution in [1.82, 2.24) is 9.62 Å². The van der Waals surface area contributed by atoms with Gasteiger partial charge in [-0.2, -0.15) is 4.31 Å². The van der Waals surface area contributed by atoms with Gasteiger partial charge in [-0.25, -0.2) is 8.42 Å². The Bertz CT molecular complexity index is 506. The van der Waals surface area contributed by atoms with Crippen LogP contribution in [0.3, 0.4) is 0 Å². The molecule has 1 N–H and O–H groups in total. The summed E-state index contributed by atoms with van der Waals surface area (Å²) in [6.45, 7) is 0.526. The quantitative estimate of drug-likeness (QED) is 0.845. The Morgan fingerprint density at radius 2 is 2.28 bits per heavy atom. The monoisotopic (exact) mass is 288 g/mol. The largest absolute Gasteiger partial charge is 0.355 e. The summed E-state index contributed by atoms with van der Waals surface area (Å²) in [5.74, 6) is 0.345. The number of likely N-dealkylation sites (N-methyl/N-ethyl adjacent to an activating group) is 1. The first-order valence-corrected chi connectivity index (χ1v) is 8.08. The minimum atomic E-state index is -3.52. The molecule has 0 radical (unpaired) electrons. The molecule has 0 atom stereocenters. The highest BCUT2D eigenvalue weighted by atomic mass is 32.2. The molecule has 0 aliphatic heterocycles. The number of rotatable bonds is 6. The molecule has 1 aromatic rings. The Hall–Kier alpha value is -0.920. The highest BCUT2D eigenvalue weighted by Gasteiger charge is 2.25. The lowest BCUT2D eigenvalue weighted by molar-refractivity contribution is -0.121. The maximum absolute atomic E-state index is 12.0. The topological polar surface area (TPSA) is 66.5 Å². The Morgan fingerprint density at radius 1 is 1.56 bits per heavy atom. The van der Waals surface area contributed by atoms with Crippen molar-refractivity contribution < 1.29 is 13.2 Å². The van der Waals surface area contributed by atoms with Crippen molar-refractivity contribution >= 4 is 27.3 Å². The molecule has 1 heterocycles. The van der Waals surface area contributed by atoms with Gasteiger partial charge in [-0.15, -0.1) is 11.3 Å². The van der Waals surface area contributed by atoms with Gasteiger partial charge in [0.05, 0.1) is 6.54 Å². The van der Waals surface area contributed by atoms with Crippen LogP contribution in [0.25, 0.3) is 0 Å². The van der Waals surface area contributed by atoms with Crippen molar-refractivity contribution in [3.05, 3.63) is 17.5 Å². The molecule has 1 amide bonds. The lowest BCUT2D eigenvalue weighted by Crippen LogP contribution is -2.38. The lowest BCUT2D eigenvalue weighted by atomic mass is 10.4. The zero-order valence-electron chi connectivity index (χ0n) is 10.1. The highest BCUT2D eigenvalue weighted by molar-refractivity contribution is 7.91. The predicted molar refractivity (Wildman–Crippen MR) is 69.9 cm³/mol. The van der Waals surface area contributed by atoms with E-state index in [9.17, 15) is 13.2 Å². The average Bonchev–Trinajstić information content (AvgIpc) is 2.97. The summed E-state index contributed by atoms with van der Waals surface area (Å²) in [5, 5.41) is 4.45. The zero-order chi connectivity index (χ0) is 13.2. The van der Waals surface area contributed by atoms with Gasteiger partial charge in [0.1, 0.15) is 4.21 Å². The van der Waals surface area contributed by atoms with Gasteiger partial charge in [0, 0.05) is 13.6 Å². The molecule has 1 aliphatic carbocycles. The van der Waals surface area contributed by atoms with Gasteiger partial charge in [0.2, 0.25) is 5.91 Å². The number of carbonyl (C=O) groups excluding carboxylic acids is 1. The second-order valence-electron chi connectivity index (χ2n) is 4.44. The van der Waals surface area contributed by atoms with E-state index in [4.69, 9.17) is 0 Å². The van der Waals surface area contributed by atoms with Crippen molar-refractivity contribution in [3.8, 4) is 0 Å². The third-order valence-electron chi connectivity index (χ3n) is 2.81. The van der Waals surface area contributed by atoms with Crippen molar-refractivity contribution in [2.45, 2.75) is 17.1 Å². The molecule has 1 aliphatic rings. The van der Waals surface area contributed by atoms with Gasteiger partial charge in [-0.3, -0.25) is 4.79 Å². The van der Waals surface area contributed by atoms with Crippen LogP contribution in [-0.4, -0.2) is 38.8 Å². The predicted octanol–water partition coefficient (Wildman–Crippen LogP) is 0.895. The van der Waals surface area contributed by atoms with Crippen molar-refractivity contribution in [1.29, 1.82) is 0 Å². The van der Waals surface area contributed by atoms with Crippen LogP contribution in [-0.2, 0) is 14.8 Å². The van der Waals surface area contributed by atoms with E-state index in [-0.39, 0.29) is 16.7 Å². The van der Waals surface area contributed by atoms with Crippen LogP contribution < -0.4 is 5.32 Å². The summed E-state index contributed by atoms with van der Waals surface area (Å²) in [6.07, 6.45) is 2.31. The fraction of sp³-hybridized carbons (Fsp3) is 0.545. The van der Waals surface area contributed by atoms with Gasteiger partial charge in [-0.1, -0.05) is 6.07 Å². The number of hydrogen-bond acceptors (Lipinski definition) is 4. The molecule has 0 bridgehead atoms. The van der Waals surface area contributed by atoms with Crippen LogP contribution >= 0.6 is 11.3 Å². The molecule has 0 aromatic carbocycles. The second-order valence-corrected chi connectivity index (χ2v) is 7.66. The van der Waals surface area contributed by atoms with Gasteiger partial charge >= 0.3 is 0 Å². The molecule has 18 heavy (non-hydrogen) atoms. The molecule has 7 heteroatoms. The Kier molecular flexibility index (Phi) is 4.04. The number of sulfonamides is 1. The standard InChI is InChI=1S/C11H16N2O3S2/c1-13(8-10(14)12-7-9-4-5-9)18(15,16)11-3-2-6-17-11/h2-3,6,9H,4-5,7-8H2,1H3,(H,12,14). The SMILES string of the molecule is CN(CC(=O)NCC1CC1)S(=O)(=O)c1cccs1. The van der Waals surface area contributed by atoms with Crippen LogP contribution in [0.1, 0.15) is 12.8 Å². The molecule has 0 saturated heterocycles. The van der Waals surface area contributed by atoms with E-state index in [2.05, 4.69) is 5.32 Å². The summed E-state index contributed by atoms with van der Waals surface area (Å²) < 4.78 is 25.4. The molecule has 100 valence electrons. The highest BCUT2D eigenvalue weighted by Crippen LogP contribution is 2.27. The molecule has 1 saturated carbocycles. The number of carbonyl (C=O) groups is 1. The lowest BCUT2D eigenvalue weighted by Gasteiger charge is -2.15. The van der Waals surface area contributed by atoms with Gasteiger partial charge in [0.15, 0.2) is 0 Å². The van der Waals surface area contributed by atoms with Gasteiger partial charge in [-0.05, 0) is 30.2 Å². The summed E-state index contributed by atoms with van der Waals surface area (Å²) in [4.78, 5) is 11.6. The molecule has 0 spiro atoms. The minimum absolute atomic E-state index is 0.132. The number of nitrogens with zero attached hydrogens (tertiary/aromatic N) is 1. The van der Waals surface area contributed by atoms with Crippen LogP contribution in [0.15, 0.2) is 21.7 Å². The van der Waals surface area contributed by atoms with Crippen LogP contribution in [0.5, 0.6) is 0 Å². The summed E-state index contributed by atoms with van der Waals surface area (Å²) in [5.41, 5.74) is 0. The number of thiophene rings is 1. The second kappa shape index (κ2) is 5.38. The average molecular weight is 288 g/mol. The van der Waals surface area contributed by atoms with E-state index in [1.165, 1.54) is 7.05 Å². The fourth-order valence-corrected chi connectivity index (χ4v) is 3.82. The van der Waals surface area contributed by atoms with Crippen molar-refractivity contribution in [3.63, 3.8) is 0 Å². The number of nitrogens with one attached hydrogen (secondary N) is 1. The minimum Gasteiger partial charge on any atom is -0.355 e. The maximum Gasteiger partial charge on any atom is 0.252 e. The van der Waals surface area contributed by atoms with Crippen LogP contribution in [0.4, 0.5) is 0 Å². The summed E-state index contributed by atoms with van der Waals surface area (Å²) in [7, 11) is -2.10. The first-order valence-electron chi connectivity index (χ1n) is 5.76. The zero-order valence-corrected chi connectivity index (χ0v) is 11.8. The molecule has 0 unspecified atom stereocenters. The van der Waals surface area contributed by atoms with E-state index in [1.807, 2.05) is 0 Å². The third kappa shape index (κ3) is 3.30. The molecule has 1 aromatic heterocycles. The first-order chi connectivity index (χ1) is 8.50. The van der Waals surface area contributed by atoms with Crippen molar-refractivity contribution in [2.24, 2.45) is 5.92 Å². The van der Waals surface area contributed by atoms with Gasteiger partial charge in [0.25, 0.3) is 10.0 Å². The third-order valence-corrected chi connectivity index (χ3v) is 5.99. The number of amides is 1. The summed E-state index contributed by atoms with van der Waals surface area (Å²) in [6, 6.07) is 3.22. The van der Waals surface area contributed by atoms with E-state index in [0.717, 1.165) is 28.5 Å². The van der Waals surface area contributed by atoms with Crippen molar-refractivity contribution in [2.75, 3.05) is 20.1 Å². The Labute approximate surface area is 111 Å². The fourth-order valence-electron chi connectivity index (χ4n) is 1.49. The van der Waals surface area contributed by atoms with E-state index in [0.29, 0.717) is 12.5 Å². The normalized spacial score (nSPS) is 15.9. The summed E-state index contributed by atoms with van der Waals surface area (Å²) >= 11 is 1.15. The van der Waals surface area contributed by atoms with E-state index in [1.54, 1.807) is 17.5 Å².